The zero-order chi connectivity index (χ0) is 22.2. The Kier molecular flexibility index (Phi) is 9.49. The zero-order valence-corrected chi connectivity index (χ0v) is 19.1. The van der Waals surface area contributed by atoms with Crippen LogP contribution in [0.2, 0.25) is 0 Å². The molecule has 0 fully saturated rings. The average Bonchev–Trinajstić information content (AvgIpc) is 2.62. The van der Waals surface area contributed by atoms with Gasteiger partial charge in [0, 0.05) is 25.6 Å². The average molecular weight is 410 g/mol. The quantitative estimate of drug-likeness (QED) is 0.694. The Morgan fingerprint density at radius 3 is 2.45 bits per heavy atom. The summed E-state index contributed by atoms with van der Waals surface area (Å²) >= 11 is 0. The molecule has 0 aromatic heterocycles. The number of Topliss-reactive ketones (excluding diaryl/α,β-unsaturated/α-hetero) is 2. The Hall–Kier alpha value is -1.73. The number of likely N-dealkylation sites (N-methyl/N-ethyl adjacent to an activating group) is 1. The summed E-state index contributed by atoms with van der Waals surface area (Å²) in [6.45, 7) is 11.8. The molecule has 1 aliphatic rings. The molecule has 2 atom stereocenters. The van der Waals surface area contributed by atoms with E-state index in [0.29, 0.717) is 6.42 Å². The van der Waals surface area contributed by atoms with Crippen molar-refractivity contribution in [1.29, 1.82) is 0 Å². The van der Waals surface area contributed by atoms with E-state index < -0.39 is 17.2 Å². The molecule has 1 aliphatic heterocycles. The van der Waals surface area contributed by atoms with Crippen molar-refractivity contribution >= 4 is 17.7 Å². The predicted molar refractivity (Wildman–Crippen MR) is 115 cm³/mol. The van der Waals surface area contributed by atoms with E-state index in [-0.39, 0.29) is 43.2 Å². The molecular weight excluding hydrogens is 370 g/mol. The fourth-order valence-electron chi connectivity index (χ4n) is 3.79. The summed E-state index contributed by atoms with van der Waals surface area (Å²) in [7, 11) is 1.62. The number of carbonyl (C=O) groups is 3. The lowest BCUT2D eigenvalue weighted by Gasteiger charge is -2.37. The highest BCUT2D eigenvalue weighted by Gasteiger charge is 2.39. The lowest BCUT2D eigenvalue weighted by molar-refractivity contribution is -0.129. The van der Waals surface area contributed by atoms with Gasteiger partial charge in [0.25, 0.3) is 0 Å². The Labute approximate surface area is 175 Å². The number of nitrogens with one attached hydrogen (secondary N) is 2. The molecule has 0 saturated carbocycles. The summed E-state index contributed by atoms with van der Waals surface area (Å²) in [6.07, 6.45) is 5.51. The minimum atomic E-state index is -0.966. The fraction of sp³-hybridized carbons (Fsp3) is 0.773. The molecule has 2 N–H and O–H groups in total. The van der Waals surface area contributed by atoms with Crippen LogP contribution in [0.25, 0.3) is 0 Å². The molecule has 0 bridgehead atoms. The van der Waals surface area contributed by atoms with E-state index in [2.05, 4.69) is 10.6 Å². The summed E-state index contributed by atoms with van der Waals surface area (Å²) in [5.41, 5.74) is -1.73. The van der Waals surface area contributed by atoms with Crippen molar-refractivity contribution < 1.29 is 19.1 Å². The Morgan fingerprint density at radius 2 is 1.86 bits per heavy atom. The van der Waals surface area contributed by atoms with Gasteiger partial charge in [0.2, 0.25) is 0 Å². The predicted octanol–water partition coefficient (Wildman–Crippen LogP) is 2.69. The van der Waals surface area contributed by atoms with Crippen LogP contribution in [-0.2, 0) is 14.3 Å². The maximum atomic E-state index is 13.2. The van der Waals surface area contributed by atoms with Gasteiger partial charge in [-0.3, -0.25) is 14.9 Å². The minimum Gasteiger partial charge on any atom is -0.445 e. The highest BCUT2D eigenvalue weighted by atomic mass is 16.6. The van der Waals surface area contributed by atoms with Crippen LogP contribution in [0.4, 0.5) is 4.79 Å². The first-order valence-electron chi connectivity index (χ1n) is 10.5. The van der Waals surface area contributed by atoms with E-state index in [1.165, 1.54) is 4.90 Å². The first kappa shape index (κ1) is 25.3. The SMILES string of the molecule is CC(C)N[C@@]1(C)CN(C)C(=O)OC/C=C/CCC[C@@](C)(C(=O)C(C)C)NCC1=O. The largest absolute Gasteiger partial charge is 0.445 e. The van der Waals surface area contributed by atoms with Gasteiger partial charge in [-0.15, -0.1) is 0 Å². The van der Waals surface area contributed by atoms with Crippen LogP contribution in [-0.4, -0.2) is 66.4 Å². The third kappa shape index (κ3) is 7.55. The van der Waals surface area contributed by atoms with Crippen LogP contribution in [0.5, 0.6) is 0 Å². The first-order valence-corrected chi connectivity index (χ1v) is 10.5. The molecule has 0 saturated heterocycles. The van der Waals surface area contributed by atoms with E-state index >= 15 is 0 Å². The number of carbonyl (C=O) groups excluding carboxylic acids is 3. The highest BCUT2D eigenvalue weighted by Crippen LogP contribution is 2.21. The molecule has 0 aromatic rings. The van der Waals surface area contributed by atoms with Gasteiger partial charge in [-0.1, -0.05) is 26.0 Å². The van der Waals surface area contributed by atoms with Crippen LogP contribution < -0.4 is 10.6 Å². The third-order valence-electron chi connectivity index (χ3n) is 5.31. The highest BCUT2D eigenvalue weighted by molar-refractivity contribution is 5.93. The number of hydrogen-bond acceptors (Lipinski definition) is 6. The minimum absolute atomic E-state index is 0.0436. The third-order valence-corrected chi connectivity index (χ3v) is 5.31. The summed E-state index contributed by atoms with van der Waals surface area (Å²) < 4.78 is 5.27. The maximum Gasteiger partial charge on any atom is 0.409 e. The number of rotatable bonds is 4. The molecule has 7 nitrogen and oxygen atoms in total. The second-order valence-electron chi connectivity index (χ2n) is 9.06. The topological polar surface area (TPSA) is 87.7 Å². The van der Waals surface area contributed by atoms with Crippen molar-refractivity contribution in [3.8, 4) is 0 Å². The van der Waals surface area contributed by atoms with Crippen molar-refractivity contribution in [1.82, 2.24) is 15.5 Å². The monoisotopic (exact) mass is 409 g/mol. The summed E-state index contributed by atoms with van der Waals surface area (Å²) in [4.78, 5) is 39.8. The van der Waals surface area contributed by atoms with E-state index in [1.54, 1.807) is 14.0 Å². The van der Waals surface area contributed by atoms with E-state index in [0.717, 1.165) is 12.8 Å². The number of allylic oxidation sites excluding steroid dienone is 1. The van der Waals surface area contributed by atoms with Crippen molar-refractivity contribution in [2.45, 2.75) is 77.9 Å². The number of hydrogen-bond donors (Lipinski definition) is 2. The van der Waals surface area contributed by atoms with Crippen molar-refractivity contribution in [2.75, 3.05) is 26.7 Å². The van der Waals surface area contributed by atoms with E-state index in [9.17, 15) is 14.4 Å². The molecule has 1 heterocycles. The molecule has 1 rings (SSSR count). The van der Waals surface area contributed by atoms with Crippen LogP contribution in [0.1, 0.15) is 60.8 Å². The number of nitrogens with zero attached hydrogens (tertiary/aromatic N) is 1. The molecule has 0 aliphatic carbocycles. The lowest BCUT2D eigenvalue weighted by atomic mass is 9.83. The van der Waals surface area contributed by atoms with Crippen molar-refractivity contribution in [3.05, 3.63) is 12.2 Å². The van der Waals surface area contributed by atoms with E-state index in [1.807, 2.05) is 46.8 Å². The molecule has 7 heteroatoms. The van der Waals surface area contributed by atoms with Crippen LogP contribution >= 0.6 is 0 Å². The Bertz CT molecular complexity index is 617. The number of amides is 1. The van der Waals surface area contributed by atoms with Gasteiger partial charge >= 0.3 is 6.09 Å². The van der Waals surface area contributed by atoms with Crippen LogP contribution in [0.15, 0.2) is 12.2 Å². The maximum absolute atomic E-state index is 13.2. The van der Waals surface area contributed by atoms with Gasteiger partial charge < -0.3 is 15.0 Å². The van der Waals surface area contributed by atoms with Crippen molar-refractivity contribution in [3.63, 3.8) is 0 Å². The van der Waals surface area contributed by atoms with Gasteiger partial charge in [-0.05, 0) is 47.0 Å². The number of cyclic esters (lactones) is 1. The molecule has 1 amide bonds. The summed E-state index contributed by atoms with van der Waals surface area (Å²) in [6, 6.07) is 0.0436. The number of ketones is 2. The summed E-state index contributed by atoms with van der Waals surface area (Å²) in [5.74, 6) is -0.119. The molecule has 29 heavy (non-hydrogen) atoms. The van der Waals surface area contributed by atoms with Gasteiger partial charge in [-0.25, -0.2) is 4.79 Å². The number of ether oxygens (including phenoxy) is 1. The van der Waals surface area contributed by atoms with Crippen molar-refractivity contribution in [2.24, 2.45) is 5.92 Å². The first-order chi connectivity index (χ1) is 13.4. The molecule has 0 radical (unpaired) electrons. The van der Waals surface area contributed by atoms with Crippen LogP contribution in [0.3, 0.4) is 0 Å². The molecule has 0 unspecified atom stereocenters. The van der Waals surface area contributed by atoms with Gasteiger partial charge in [0.15, 0.2) is 11.6 Å². The Morgan fingerprint density at radius 1 is 1.21 bits per heavy atom. The molecule has 0 spiro atoms. The molecule has 166 valence electrons. The second kappa shape index (κ2) is 10.9. The summed E-state index contributed by atoms with van der Waals surface area (Å²) in [5, 5.41) is 6.55. The lowest BCUT2D eigenvalue weighted by Crippen LogP contribution is -2.63. The molecular formula is C22H39N3O4. The molecule has 0 aromatic carbocycles. The van der Waals surface area contributed by atoms with E-state index in [4.69, 9.17) is 4.74 Å². The smallest absolute Gasteiger partial charge is 0.409 e. The Balaban J connectivity index is 3.16. The van der Waals surface area contributed by atoms with Gasteiger partial charge in [0.1, 0.15) is 6.61 Å². The van der Waals surface area contributed by atoms with Gasteiger partial charge in [-0.2, -0.15) is 0 Å². The standard InChI is InChI=1S/C22H39N3O4/c1-16(2)19(27)21(5)12-10-8-9-11-13-29-20(28)25(7)15-22(6,24-17(3)4)18(26)14-23-21/h9,11,16-17,23-24H,8,10,12-15H2,1-7H3/b11-9+/t21-,22-/m0/s1. The van der Waals surface area contributed by atoms with Crippen LogP contribution in [0, 0.1) is 5.92 Å². The fourth-order valence-corrected chi connectivity index (χ4v) is 3.79. The van der Waals surface area contributed by atoms with Gasteiger partial charge in [0.05, 0.1) is 17.6 Å². The second-order valence-corrected chi connectivity index (χ2v) is 9.06. The normalized spacial score (nSPS) is 29.3. The zero-order valence-electron chi connectivity index (χ0n) is 19.1.